The fraction of sp³-hybridized carbons (Fsp3) is 1.00. The van der Waals surface area contributed by atoms with E-state index < -0.39 is 0 Å². The summed E-state index contributed by atoms with van der Waals surface area (Å²) in [5.41, 5.74) is 0. The smallest absolute Gasteiger partial charge is 0.0571 e. The van der Waals surface area contributed by atoms with Crippen molar-refractivity contribution >= 4 is 0 Å². The zero-order valence-electron chi connectivity index (χ0n) is 7.71. The van der Waals surface area contributed by atoms with E-state index in [1.165, 1.54) is 25.7 Å². The minimum atomic E-state index is 0.0138. The molecule has 0 amide bonds. The molecule has 0 aromatic rings. The van der Waals surface area contributed by atoms with Crippen LogP contribution in [0.3, 0.4) is 0 Å². The van der Waals surface area contributed by atoms with Crippen LogP contribution in [0.2, 0.25) is 0 Å². The Morgan fingerprint density at radius 1 is 1.27 bits per heavy atom. The number of rotatable bonds is 3. The van der Waals surface area contributed by atoms with Crippen LogP contribution in [-0.4, -0.2) is 11.2 Å². The summed E-state index contributed by atoms with van der Waals surface area (Å²) in [5.74, 6) is 1.42. The lowest BCUT2D eigenvalue weighted by atomic mass is 9.98. The molecule has 1 nitrogen and oxygen atoms in total. The first-order valence-electron chi connectivity index (χ1n) is 4.96. The zero-order valence-corrected chi connectivity index (χ0v) is 7.71. The van der Waals surface area contributed by atoms with Gasteiger partial charge in [0, 0.05) is 0 Å². The summed E-state index contributed by atoms with van der Waals surface area (Å²) >= 11 is 0. The molecule has 0 aromatic carbocycles. The fourth-order valence-corrected chi connectivity index (χ4v) is 2.23. The molecule has 0 aromatic heterocycles. The van der Waals surface area contributed by atoms with Crippen molar-refractivity contribution in [3.05, 3.63) is 0 Å². The van der Waals surface area contributed by atoms with Gasteiger partial charge in [-0.25, -0.2) is 0 Å². The van der Waals surface area contributed by atoms with Crippen molar-refractivity contribution in [2.75, 3.05) is 0 Å². The SMILES string of the molecule is CCC[C@@H]1CC(CC)C[C@H]1O. The van der Waals surface area contributed by atoms with Gasteiger partial charge in [0.1, 0.15) is 0 Å². The average molecular weight is 156 g/mol. The van der Waals surface area contributed by atoms with Crippen LogP contribution in [-0.2, 0) is 0 Å². The van der Waals surface area contributed by atoms with Gasteiger partial charge in [0.25, 0.3) is 0 Å². The van der Waals surface area contributed by atoms with Crippen LogP contribution >= 0.6 is 0 Å². The van der Waals surface area contributed by atoms with Gasteiger partial charge in [-0.15, -0.1) is 0 Å². The third-order valence-corrected chi connectivity index (χ3v) is 2.99. The summed E-state index contributed by atoms with van der Waals surface area (Å²) in [7, 11) is 0. The van der Waals surface area contributed by atoms with Gasteiger partial charge in [0.2, 0.25) is 0 Å². The molecule has 1 aliphatic rings. The molecule has 0 radical (unpaired) electrons. The van der Waals surface area contributed by atoms with Gasteiger partial charge in [-0.1, -0.05) is 26.7 Å². The molecule has 1 rings (SSSR count). The van der Waals surface area contributed by atoms with Crippen molar-refractivity contribution in [1.82, 2.24) is 0 Å². The maximum atomic E-state index is 9.62. The fourth-order valence-electron chi connectivity index (χ4n) is 2.23. The van der Waals surface area contributed by atoms with Gasteiger partial charge in [-0.05, 0) is 31.1 Å². The van der Waals surface area contributed by atoms with Gasteiger partial charge < -0.3 is 5.11 Å². The summed E-state index contributed by atoms with van der Waals surface area (Å²) in [6.07, 6.45) is 6.03. The second-order valence-corrected chi connectivity index (χ2v) is 3.86. The molecule has 3 atom stereocenters. The predicted octanol–water partition coefficient (Wildman–Crippen LogP) is 2.58. The quantitative estimate of drug-likeness (QED) is 0.666. The molecular weight excluding hydrogens is 136 g/mol. The molecule has 1 aliphatic carbocycles. The van der Waals surface area contributed by atoms with Crippen molar-refractivity contribution in [3.8, 4) is 0 Å². The lowest BCUT2D eigenvalue weighted by Gasteiger charge is -2.11. The lowest BCUT2D eigenvalue weighted by Crippen LogP contribution is -2.11. The minimum absolute atomic E-state index is 0.0138. The summed E-state index contributed by atoms with van der Waals surface area (Å²) < 4.78 is 0. The first-order chi connectivity index (χ1) is 5.27. The molecule has 1 saturated carbocycles. The monoisotopic (exact) mass is 156 g/mol. The highest BCUT2D eigenvalue weighted by molar-refractivity contribution is 4.81. The Morgan fingerprint density at radius 3 is 2.45 bits per heavy atom. The van der Waals surface area contributed by atoms with E-state index in [4.69, 9.17) is 0 Å². The highest BCUT2D eigenvalue weighted by Gasteiger charge is 2.30. The van der Waals surface area contributed by atoms with E-state index in [-0.39, 0.29) is 6.10 Å². The van der Waals surface area contributed by atoms with E-state index in [0.717, 1.165) is 12.3 Å². The summed E-state index contributed by atoms with van der Waals surface area (Å²) in [6.45, 7) is 4.43. The minimum Gasteiger partial charge on any atom is -0.393 e. The third-order valence-electron chi connectivity index (χ3n) is 2.99. The van der Waals surface area contributed by atoms with E-state index in [2.05, 4.69) is 13.8 Å². The zero-order chi connectivity index (χ0) is 8.27. The van der Waals surface area contributed by atoms with E-state index in [1.54, 1.807) is 0 Å². The van der Waals surface area contributed by atoms with Crippen LogP contribution in [0.25, 0.3) is 0 Å². The Kier molecular flexibility index (Phi) is 3.38. The van der Waals surface area contributed by atoms with E-state index in [0.29, 0.717) is 5.92 Å². The summed E-state index contributed by atoms with van der Waals surface area (Å²) in [5, 5.41) is 9.62. The van der Waals surface area contributed by atoms with Gasteiger partial charge in [0.05, 0.1) is 6.10 Å². The number of hydrogen-bond acceptors (Lipinski definition) is 1. The topological polar surface area (TPSA) is 20.2 Å². The van der Waals surface area contributed by atoms with Crippen molar-refractivity contribution in [2.45, 2.75) is 52.1 Å². The van der Waals surface area contributed by atoms with E-state index in [9.17, 15) is 5.11 Å². The maximum Gasteiger partial charge on any atom is 0.0571 e. The van der Waals surface area contributed by atoms with E-state index in [1.807, 2.05) is 0 Å². The van der Waals surface area contributed by atoms with Gasteiger partial charge in [-0.3, -0.25) is 0 Å². The lowest BCUT2D eigenvalue weighted by molar-refractivity contribution is 0.126. The van der Waals surface area contributed by atoms with Crippen molar-refractivity contribution in [1.29, 1.82) is 0 Å². The molecule has 11 heavy (non-hydrogen) atoms. The Labute approximate surface area is 69.8 Å². The van der Waals surface area contributed by atoms with Crippen molar-refractivity contribution in [3.63, 3.8) is 0 Å². The molecule has 0 bridgehead atoms. The van der Waals surface area contributed by atoms with Crippen LogP contribution < -0.4 is 0 Å². The largest absolute Gasteiger partial charge is 0.393 e. The van der Waals surface area contributed by atoms with Gasteiger partial charge in [0.15, 0.2) is 0 Å². The molecule has 1 fully saturated rings. The van der Waals surface area contributed by atoms with Crippen LogP contribution in [0.15, 0.2) is 0 Å². The van der Waals surface area contributed by atoms with Crippen LogP contribution in [0, 0.1) is 11.8 Å². The average Bonchev–Trinajstić information content (AvgIpc) is 2.33. The standard InChI is InChI=1S/C10H20O/c1-3-5-9-6-8(4-2)7-10(9)11/h8-11H,3-7H2,1-2H3/t8?,9-,10-/m1/s1. The highest BCUT2D eigenvalue weighted by Crippen LogP contribution is 2.35. The molecule has 66 valence electrons. The Bertz CT molecular complexity index is 111. The van der Waals surface area contributed by atoms with Crippen molar-refractivity contribution in [2.24, 2.45) is 11.8 Å². The first-order valence-corrected chi connectivity index (χ1v) is 4.96. The Morgan fingerprint density at radius 2 is 2.00 bits per heavy atom. The predicted molar refractivity (Wildman–Crippen MR) is 47.4 cm³/mol. The van der Waals surface area contributed by atoms with Crippen molar-refractivity contribution < 1.29 is 5.11 Å². The molecule has 1 heteroatoms. The molecule has 0 spiro atoms. The second-order valence-electron chi connectivity index (χ2n) is 3.86. The molecule has 0 aliphatic heterocycles. The third kappa shape index (κ3) is 2.19. The molecule has 1 unspecified atom stereocenters. The van der Waals surface area contributed by atoms with Crippen LogP contribution in [0.5, 0.6) is 0 Å². The molecule has 1 N–H and O–H groups in total. The Hall–Kier alpha value is -0.0400. The summed E-state index contributed by atoms with van der Waals surface area (Å²) in [6, 6.07) is 0. The Balaban J connectivity index is 2.32. The number of hydrogen-bond donors (Lipinski definition) is 1. The van der Waals surface area contributed by atoms with Crippen LogP contribution in [0.4, 0.5) is 0 Å². The first kappa shape index (κ1) is 9.05. The normalized spacial score (nSPS) is 37.9. The molecule has 0 saturated heterocycles. The molecular formula is C10H20O. The van der Waals surface area contributed by atoms with Gasteiger partial charge >= 0.3 is 0 Å². The number of aliphatic hydroxyl groups is 1. The van der Waals surface area contributed by atoms with Gasteiger partial charge in [-0.2, -0.15) is 0 Å². The molecule has 0 heterocycles. The van der Waals surface area contributed by atoms with E-state index >= 15 is 0 Å². The van der Waals surface area contributed by atoms with Crippen LogP contribution in [0.1, 0.15) is 46.0 Å². The maximum absolute atomic E-state index is 9.62. The second kappa shape index (κ2) is 4.10. The highest BCUT2D eigenvalue weighted by atomic mass is 16.3. The summed E-state index contributed by atoms with van der Waals surface area (Å²) in [4.78, 5) is 0. The number of aliphatic hydroxyl groups excluding tert-OH is 1.